The molecule has 0 N–H and O–H groups in total. The van der Waals surface area contributed by atoms with Gasteiger partial charge in [-0.15, -0.1) is 0 Å². The fourth-order valence-electron chi connectivity index (χ4n) is 4.63. The molecule has 1 aromatic rings. The molecule has 3 rings (SSSR count). The molecule has 0 heterocycles. The molecule has 0 bridgehead atoms. The minimum absolute atomic E-state index is 0.204. The van der Waals surface area contributed by atoms with Crippen LogP contribution in [0.5, 0.6) is 0 Å². The van der Waals surface area contributed by atoms with Crippen LogP contribution in [0.25, 0.3) is 0 Å². The molecule has 0 saturated heterocycles. The van der Waals surface area contributed by atoms with E-state index in [1.807, 2.05) is 0 Å². The molecule has 0 aliphatic heterocycles. The number of unbranched alkanes of at least 4 members (excludes halogenated alkanes) is 1. The van der Waals surface area contributed by atoms with Gasteiger partial charge in [0, 0.05) is 6.61 Å². The number of nitrogens with zero attached hydrogens (tertiary/aromatic N) is 1. The first kappa shape index (κ1) is 18.3. The van der Waals surface area contributed by atoms with Crippen molar-refractivity contribution in [1.82, 2.24) is 0 Å². The average Bonchev–Trinajstić information content (AvgIpc) is 2.61. The molecule has 2 fully saturated rings. The van der Waals surface area contributed by atoms with Gasteiger partial charge in [0.15, 0.2) is 0 Å². The van der Waals surface area contributed by atoms with Gasteiger partial charge in [-0.05, 0) is 80.4 Å². The SMILES string of the molecule is CCCCOC1CCC2CC(c3cc(F)c(C#N)c(F)c3)CCC2C1. The number of ether oxygens (including phenoxy) is 1. The Labute approximate surface area is 149 Å². The van der Waals surface area contributed by atoms with E-state index in [9.17, 15) is 8.78 Å². The van der Waals surface area contributed by atoms with E-state index < -0.39 is 17.2 Å². The molecule has 2 nitrogen and oxygen atoms in total. The Morgan fingerprint density at radius 2 is 1.76 bits per heavy atom. The van der Waals surface area contributed by atoms with Crippen LogP contribution in [-0.2, 0) is 4.74 Å². The highest BCUT2D eigenvalue weighted by molar-refractivity contribution is 5.36. The van der Waals surface area contributed by atoms with Crippen molar-refractivity contribution in [1.29, 1.82) is 5.26 Å². The lowest BCUT2D eigenvalue weighted by Crippen LogP contribution is -2.34. The van der Waals surface area contributed by atoms with Crippen molar-refractivity contribution in [2.45, 2.75) is 70.3 Å². The van der Waals surface area contributed by atoms with Crippen LogP contribution in [0.2, 0.25) is 0 Å². The second-order valence-corrected chi connectivity index (χ2v) is 7.66. The van der Waals surface area contributed by atoms with E-state index in [0.29, 0.717) is 23.5 Å². The quantitative estimate of drug-likeness (QED) is 0.640. The number of nitriles is 1. The summed E-state index contributed by atoms with van der Waals surface area (Å²) in [7, 11) is 0. The maximum absolute atomic E-state index is 13.9. The maximum atomic E-state index is 13.9. The summed E-state index contributed by atoms with van der Waals surface area (Å²) < 4.78 is 33.8. The predicted octanol–water partition coefficient (Wildman–Crippen LogP) is 5.71. The van der Waals surface area contributed by atoms with E-state index in [0.717, 1.165) is 58.0 Å². The van der Waals surface area contributed by atoms with Crippen molar-refractivity contribution < 1.29 is 13.5 Å². The van der Waals surface area contributed by atoms with Crippen LogP contribution in [0.1, 0.15) is 75.3 Å². The number of rotatable bonds is 5. The number of fused-ring (bicyclic) bond motifs is 1. The van der Waals surface area contributed by atoms with Gasteiger partial charge in [0.25, 0.3) is 0 Å². The molecular formula is C21H27F2NO. The van der Waals surface area contributed by atoms with E-state index in [-0.39, 0.29) is 5.92 Å². The van der Waals surface area contributed by atoms with Gasteiger partial charge in [-0.3, -0.25) is 0 Å². The summed E-state index contributed by atoms with van der Waals surface area (Å²) in [4.78, 5) is 0. The van der Waals surface area contributed by atoms with E-state index in [1.165, 1.54) is 12.1 Å². The molecule has 0 amide bonds. The third-order valence-corrected chi connectivity index (χ3v) is 6.06. The number of benzene rings is 1. The third-order valence-electron chi connectivity index (χ3n) is 6.06. The number of halogens is 2. The molecule has 1 aromatic carbocycles. The second-order valence-electron chi connectivity index (χ2n) is 7.66. The fourth-order valence-corrected chi connectivity index (χ4v) is 4.63. The number of hydrogen-bond acceptors (Lipinski definition) is 2. The smallest absolute Gasteiger partial charge is 0.144 e. The summed E-state index contributed by atoms with van der Waals surface area (Å²) in [5.74, 6) is 0.0621. The van der Waals surface area contributed by atoms with E-state index >= 15 is 0 Å². The summed E-state index contributed by atoms with van der Waals surface area (Å²) in [6.45, 7) is 3.04. The van der Waals surface area contributed by atoms with Crippen molar-refractivity contribution in [3.05, 3.63) is 34.9 Å². The zero-order valence-electron chi connectivity index (χ0n) is 14.9. The van der Waals surface area contributed by atoms with Crippen molar-refractivity contribution in [3.63, 3.8) is 0 Å². The first-order valence-electron chi connectivity index (χ1n) is 9.63. The summed E-state index contributed by atoms with van der Waals surface area (Å²) >= 11 is 0. The van der Waals surface area contributed by atoms with Crippen molar-refractivity contribution in [3.8, 4) is 6.07 Å². The van der Waals surface area contributed by atoms with Gasteiger partial charge in [0.1, 0.15) is 23.3 Å². The van der Waals surface area contributed by atoms with Gasteiger partial charge in [0.05, 0.1) is 6.10 Å². The van der Waals surface area contributed by atoms with Gasteiger partial charge >= 0.3 is 0 Å². The normalized spacial score (nSPS) is 29.0. The zero-order valence-corrected chi connectivity index (χ0v) is 14.9. The minimum Gasteiger partial charge on any atom is -0.378 e. The molecule has 2 saturated carbocycles. The highest BCUT2D eigenvalue weighted by Crippen LogP contribution is 2.46. The summed E-state index contributed by atoms with van der Waals surface area (Å²) in [5.41, 5.74) is 0.246. The van der Waals surface area contributed by atoms with Crippen LogP contribution >= 0.6 is 0 Å². The lowest BCUT2D eigenvalue weighted by atomic mass is 9.65. The Bertz CT molecular complexity index is 616. The van der Waals surface area contributed by atoms with Crippen LogP contribution in [0, 0.1) is 34.8 Å². The molecule has 2 aliphatic rings. The van der Waals surface area contributed by atoms with Gasteiger partial charge in [0.2, 0.25) is 0 Å². The molecule has 4 unspecified atom stereocenters. The first-order chi connectivity index (χ1) is 12.1. The molecule has 4 atom stereocenters. The fraction of sp³-hybridized carbons (Fsp3) is 0.667. The Balaban J connectivity index is 1.61. The van der Waals surface area contributed by atoms with Crippen LogP contribution in [0.4, 0.5) is 8.78 Å². The Hall–Kier alpha value is -1.47. The van der Waals surface area contributed by atoms with Gasteiger partial charge in [-0.2, -0.15) is 5.26 Å². The maximum Gasteiger partial charge on any atom is 0.144 e. The molecule has 4 heteroatoms. The van der Waals surface area contributed by atoms with E-state index in [1.54, 1.807) is 6.07 Å². The first-order valence-corrected chi connectivity index (χ1v) is 9.63. The summed E-state index contributed by atoms with van der Waals surface area (Å²) in [6, 6.07) is 4.34. The molecule has 0 spiro atoms. The lowest BCUT2D eigenvalue weighted by Gasteiger charge is -2.42. The standard InChI is InChI=1S/C21H27F2NO/c1-2-3-8-25-18-7-6-14-9-15(4-5-16(14)10-18)17-11-20(22)19(13-24)21(23)12-17/h11-12,14-16,18H,2-10H2,1H3. The molecule has 136 valence electrons. The van der Waals surface area contributed by atoms with Gasteiger partial charge in [-0.25, -0.2) is 8.78 Å². The van der Waals surface area contributed by atoms with Gasteiger partial charge < -0.3 is 4.74 Å². The highest BCUT2D eigenvalue weighted by Gasteiger charge is 2.36. The van der Waals surface area contributed by atoms with Crippen molar-refractivity contribution >= 4 is 0 Å². The van der Waals surface area contributed by atoms with Crippen LogP contribution in [-0.4, -0.2) is 12.7 Å². The lowest BCUT2D eigenvalue weighted by molar-refractivity contribution is -0.0159. The average molecular weight is 347 g/mol. The molecule has 25 heavy (non-hydrogen) atoms. The molecule has 0 aromatic heterocycles. The molecule has 0 radical (unpaired) electrons. The Morgan fingerprint density at radius 1 is 1.08 bits per heavy atom. The monoisotopic (exact) mass is 347 g/mol. The van der Waals surface area contributed by atoms with Crippen molar-refractivity contribution in [2.24, 2.45) is 11.8 Å². The zero-order chi connectivity index (χ0) is 17.8. The minimum atomic E-state index is -0.729. The summed E-state index contributed by atoms with van der Waals surface area (Å²) in [6.07, 6.45) is 9.15. The molecule has 2 aliphatic carbocycles. The van der Waals surface area contributed by atoms with Gasteiger partial charge in [-0.1, -0.05) is 13.3 Å². The van der Waals surface area contributed by atoms with Crippen molar-refractivity contribution in [2.75, 3.05) is 6.61 Å². The number of hydrogen-bond donors (Lipinski definition) is 0. The third kappa shape index (κ3) is 4.20. The highest BCUT2D eigenvalue weighted by atomic mass is 19.1. The Kier molecular flexibility index (Phi) is 6.06. The van der Waals surface area contributed by atoms with E-state index in [2.05, 4.69) is 6.92 Å². The van der Waals surface area contributed by atoms with Crippen LogP contribution in [0.3, 0.4) is 0 Å². The largest absolute Gasteiger partial charge is 0.378 e. The topological polar surface area (TPSA) is 33.0 Å². The van der Waals surface area contributed by atoms with Crippen LogP contribution < -0.4 is 0 Å². The predicted molar refractivity (Wildman–Crippen MR) is 93.1 cm³/mol. The second kappa shape index (κ2) is 8.27. The Morgan fingerprint density at radius 3 is 2.44 bits per heavy atom. The summed E-state index contributed by atoms with van der Waals surface area (Å²) in [5, 5.41) is 8.82. The van der Waals surface area contributed by atoms with Crippen LogP contribution in [0.15, 0.2) is 12.1 Å². The van der Waals surface area contributed by atoms with E-state index in [4.69, 9.17) is 10.00 Å². The molecular weight excluding hydrogens is 320 g/mol.